The summed E-state index contributed by atoms with van der Waals surface area (Å²) < 4.78 is 16.1. The first-order valence-electron chi connectivity index (χ1n) is 11.3. The largest absolute Gasteiger partial charge is 0.495 e. The highest BCUT2D eigenvalue weighted by molar-refractivity contribution is 6.04. The number of carbonyl (C=O) groups excluding carboxylic acids is 1. The van der Waals surface area contributed by atoms with Crippen LogP contribution in [0, 0.1) is 0 Å². The molecule has 34 heavy (non-hydrogen) atoms. The Morgan fingerprint density at radius 1 is 0.794 bits per heavy atom. The van der Waals surface area contributed by atoms with Gasteiger partial charge in [0.25, 0.3) is 5.91 Å². The molecule has 1 N–H and O–H groups in total. The molecule has 1 heterocycles. The van der Waals surface area contributed by atoms with Gasteiger partial charge in [-0.2, -0.15) is 0 Å². The lowest BCUT2D eigenvalue weighted by atomic mass is 10.1. The summed E-state index contributed by atoms with van der Waals surface area (Å²) in [6, 6.07) is 21.3. The summed E-state index contributed by atoms with van der Waals surface area (Å²) in [5.74, 6) is 1.94. The Labute approximate surface area is 200 Å². The third-order valence-electron chi connectivity index (χ3n) is 6.06. The summed E-state index contributed by atoms with van der Waals surface area (Å²) in [4.78, 5) is 17.5. The van der Waals surface area contributed by atoms with Crippen LogP contribution in [0.3, 0.4) is 0 Å². The number of hydrogen-bond donors (Lipinski definition) is 1. The van der Waals surface area contributed by atoms with Crippen molar-refractivity contribution < 1.29 is 19.0 Å². The topological polar surface area (TPSA) is 63.3 Å². The molecule has 1 aliphatic rings. The Morgan fingerprint density at radius 2 is 1.47 bits per heavy atom. The molecule has 0 spiro atoms. The molecular formula is C27H31N3O4. The highest BCUT2D eigenvalue weighted by Gasteiger charge is 2.19. The molecule has 7 nitrogen and oxygen atoms in total. The number of rotatable bonds is 8. The summed E-state index contributed by atoms with van der Waals surface area (Å²) in [5.41, 5.74) is 3.60. The summed E-state index contributed by atoms with van der Waals surface area (Å²) in [6.07, 6.45) is 0. The number of piperazine rings is 1. The minimum Gasteiger partial charge on any atom is -0.495 e. The average Bonchev–Trinajstić information content (AvgIpc) is 2.89. The number of methoxy groups -OCH3 is 3. The second-order valence-corrected chi connectivity index (χ2v) is 8.16. The average molecular weight is 462 g/mol. The number of anilines is 2. The Balaban J connectivity index is 1.31. The molecule has 3 aromatic rings. The third-order valence-corrected chi connectivity index (χ3v) is 6.06. The molecule has 0 unspecified atom stereocenters. The molecule has 0 radical (unpaired) electrons. The molecule has 1 saturated heterocycles. The standard InChI is InChI=1S/C27H31N3O4/c1-32-24-7-5-4-6-23(24)30-16-14-29(15-17-30)19-20-8-10-21(11-9-20)27(31)28-22-12-13-25(33-2)26(18-22)34-3/h4-13,18H,14-17,19H2,1-3H3,(H,28,31). The van der Waals surface area contributed by atoms with Crippen molar-refractivity contribution in [3.05, 3.63) is 77.9 Å². The first-order valence-corrected chi connectivity index (χ1v) is 11.3. The van der Waals surface area contributed by atoms with Crippen LogP contribution in [0.1, 0.15) is 15.9 Å². The molecule has 4 rings (SSSR count). The molecule has 1 aliphatic heterocycles. The molecule has 1 fully saturated rings. The molecule has 0 atom stereocenters. The van der Waals surface area contributed by atoms with Gasteiger partial charge in [0.15, 0.2) is 11.5 Å². The van der Waals surface area contributed by atoms with E-state index < -0.39 is 0 Å². The van der Waals surface area contributed by atoms with Crippen molar-refractivity contribution in [2.24, 2.45) is 0 Å². The van der Waals surface area contributed by atoms with E-state index in [0.717, 1.165) is 44.2 Å². The van der Waals surface area contributed by atoms with Crippen molar-refractivity contribution in [1.29, 1.82) is 0 Å². The van der Waals surface area contributed by atoms with Crippen LogP contribution in [0.5, 0.6) is 17.2 Å². The van der Waals surface area contributed by atoms with Gasteiger partial charge in [0, 0.05) is 50.0 Å². The molecule has 0 aliphatic carbocycles. The first-order chi connectivity index (χ1) is 16.6. The van der Waals surface area contributed by atoms with E-state index in [4.69, 9.17) is 14.2 Å². The monoisotopic (exact) mass is 461 g/mol. The number of nitrogens with one attached hydrogen (secondary N) is 1. The molecule has 7 heteroatoms. The molecule has 0 aromatic heterocycles. The van der Waals surface area contributed by atoms with Gasteiger partial charge in [0.2, 0.25) is 0 Å². The predicted molar refractivity (Wildman–Crippen MR) is 134 cm³/mol. The number of carbonyl (C=O) groups is 1. The number of ether oxygens (including phenoxy) is 3. The molecule has 0 bridgehead atoms. The van der Waals surface area contributed by atoms with Crippen molar-refractivity contribution in [2.75, 3.05) is 57.7 Å². The van der Waals surface area contributed by atoms with Crippen molar-refractivity contribution in [3.8, 4) is 17.2 Å². The fourth-order valence-corrected chi connectivity index (χ4v) is 4.17. The zero-order valence-corrected chi connectivity index (χ0v) is 19.9. The van der Waals surface area contributed by atoms with E-state index >= 15 is 0 Å². The maximum Gasteiger partial charge on any atom is 0.255 e. The van der Waals surface area contributed by atoms with E-state index in [1.165, 1.54) is 5.56 Å². The van der Waals surface area contributed by atoms with Crippen LogP contribution < -0.4 is 24.4 Å². The van der Waals surface area contributed by atoms with Gasteiger partial charge in [0.05, 0.1) is 27.0 Å². The SMILES string of the molecule is COc1ccc(NC(=O)c2ccc(CN3CCN(c4ccccc4OC)CC3)cc2)cc1OC. The lowest BCUT2D eigenvalue weighted by Gasteiger charge is -2.36. The predicted octanol–water partition coefficient (Wildman–Crippen LogP) is 4.29. The van der Waals surface area contributed by atoms with Gasteiger partial charge in [-0.05, 0) is 42.0 Å². The van der Waals surface area contributed by atoms with Crippen LogP contribution in [0.4, 0.5) is 11.4 Å². The van der Waals surface area contributed by atoms with E-state index in [0.29, 0.717) is 22.7 Å². The maximum absolute atomic E-state index is 12.7. The highest BCUT2D eigenvalue weighted by atomic mass is 16.5. The van der Waals surface area contributed by atoms with Crippen LogP contribution in [-0.2, 0) is 6.54 Å². The Hall–Kier alpha value is -3.71. The van der Waals surface area contributed by atoms with Gasteiger partial charge < -0.3 is 24.4 Å². The number of hydrogen-bond acceptors (Lipinski definition) is 6. The quantitative estimate of drug-likeness (QED) is 0.540. The molecule has 0 saturated carbocycles. The van der Waals surface area contributed by atoms with Gasteiger partial charge >= 0.3 is 0 Å². The number of para-hydroxylation sites is 2. The van der Waals surface area contributed by atoms with E-state index in [-0.39, 0.29) is 5.91 Å². The van der Waals surface area contributed by atoms with Crippen LogP contribution >= 0.6 is 0 Å². The zero-order valence-electron chi connectivity index (χ0n) is 19.9. The molecule has 178 valence electrons. The number of nitrogens with zero attached hydrogens (tertiary/aromatic N) is 2. The molecular weight excluding hydrogens is 430 g/mol. The molecule has 3 aromatic carbocycles. The minimum atomic E-state index is -0.163. The Kier molecular flexibility index (Phi) is 7.54. The van der Waals surface area contributed by atoms with Gasteiger partial charge in [-0.25, -0.2) is 0 Å². The summed E-state index contributed by atoms with van der Waals surface area (Å²) in [5, 5.41) is 2.91. The van der Waals surface area contributed by atoms with E-state index in [2.05, 4.69) is 21.2 Å². The second kappa shape index (κ2) is 10.9. The lowest BCUT2D eigenvalue weighted by molar-refractivity contribution is 0.102. The van der Waals surface area contributed by atoms with Crippen LogP contribution in [0.15, 0.2) is 66.7 Å². The number of benzene rings is 3. The van der Waals surface area contributed by atoms with Crippen LogP contribution in [0.2, 0.25) is 0 Å². The highest BCUT2D eigenvalue weighted by Crippen LogP contribution is 2.30. The van der Waals surface area contributed by atoms with E-state index in [1.807, 2.05) is 42.5 Å². The van der Waals surface area contributed by atoms with Crippen molar-refractivity contribution in [3.63, 3.8) is 0 Å². The van der Waals surface area contributed by atoms with Crippen molar-refractivity contribution in [1.82, 2.24) is 4.90 Å². The van der Waals surface area contributed by atoms with Crippen LogP contribution in [0.25, 0.3) is 0 Å². The second-order valence-electron chi connectivity index (χ2n) is 8.16. The fourth-order valence-electron chi connectivity index (χ4n) is 4.17. The van der Waals surface area contributed by atoms with Gasteiger partial charge in [-0.15, -0.1) is 0 Å². The first kappa shape index (κ1) is 23.4. The Bertz CT molecular complexity index is 1110. The normalized spacial score (nSPS) is 13.9. The number of amides is 1. The van der Waals surface area contributed by atoms with Crippen LogP contribution in [-0.4, -0.2) is 58.3 Å². The third kappa shape index (κ3) is 5.43. The zero-order chi connectivity index (χ0) is 23.9. The summed E-state index contributed by atoms with van der Waals surface area (Å²) in [7, 11) is 4.87. The Morgan fingerprint density at radius 3 is 2.15 bits per heavy atom. The lowest BCUT2D eigenvalue weighted by Crippen LogP contribution is -2.46. The minimum absolute atomic E-state index is 0.163. The van der Waals surface area contributed by atoms with E-state index in [9.17, 15) is 4.79 Å². The summed E-state index contributed by atoms with van der Waals surface area (Å²) >= 11 is 0. The fraction of sp³-hybridized carbons (Fsp3) is 0.296. The molecule has 1 amide bonds. The van der Waals surface area contributed by atoms with Crippen molar-refractivity contribution >= 4 is 17.3 Å². The van der Waals surface area contributed by atoms with Crippen molar-refractivity contribution in [2.45, 2.75) is 6.54 Å². The van der Waals surface area contributed by atoms with E-state index in [1.54, 1.807) is 39.5 Å². The van der Waals surface area contributed by atoms with Gasteiger partial charge in [0.1, 0.15) is 5.75 Å². The summed E-state index contributed by atoms with van der Waals surface area (Å²) in [6.45, 7) is 4.70. The van der Waals surface area contributed by atoms with Gasteiger partial charge in [-0.3, -0.25) is 9.69 Å². The van der Waals surface area contributed by atoms with Gasteiger partial charge in [-0.1, -0.05) is 24.3 Å². The maximum atomic E-state index is 12.7. The smallest absolute Gasteiger partial charge is 0.255 e.